The molecule has 1 fully saturated rings. The van der Waals surface area contributed by atoms with E-state index in [-0.39, 0.29) is 17.9 Å². The summed E-state index contributed by atoms with van der Waals surface area (Å²) in [5.74, 6) is -0.503. The van der Waals surface area contributed by atoms with Crippen LogP contribution in [0.1, 0.15) is 78.6 Å². The molecule has 0 spiro atoms. The Balaban J connectivity index is 3.04. The molecule has 0 aromatic heterocycles. The zero-order chi connectivity index (χ0) is 17.1. The van der Waals surface area contributed by atoms with Crippen LogP contribution in [0, 0.1) is 5.92 Å². The average molecular weight is 324 g/mol. The number of esters is 2. The van der Waals surface area contributed by atoms with E-state index < -0.39 is 0 Å². The summed E-state index contributed by atoms with van der Waals surface area (Å²) in [5.41, 5.74) is 1.16. The molecule has 1 aliphatic carbocycles. The van der Waals surface area contributed by atoms with E-state index >= 15 is 0 Å². The summed E-state index contributed by atoms with van der Waals surface area (Å²) in [6.07, 6.45) is 9.04. The second-order valence-electron chi connectivity index (χ2n) is 6.13. The van der Waals surface area contributed by atoms with Crippen molar-refractivity contribution in [2.24, 2.45) is 5.92 Å². The van der Waals surface area contributed by atoms with Gasteiger partial charge in [0.2, 0.25) is 0 Å². The molecular formula is C19H32O4. The minimum absolute atomic E-state index is 0.152. The standard InChI is InChI=1S/C19H32O4/c1-4-7-8-9-14-16(18(20)22-5-2)17(19(21)23-6-3)15-12-10-11-13-15/h15H,4-14H2,1-3H3/b17-16-. The molecule has 1 saturated carbocycles. The minimum Gasteiger partial charge on any atom is -0.463 e. The van der Waals surface area contributed by atoms with Crippen molar-refractivity contribution in [3.63, 3.8) is 0 Å². The smallest absolute Gasteiger partial charge is 0.334 e. The Hall–Kier alpha value is -1.32. The summed E-state index contributed by atoms with van der Waals surface area (Å²) in [4.78, 5) is 24.9. The number of rotatable bonds is 10. The Bertz CT molecular complexity index is 406. The molecule has 0 saturated heterocycles. The summed E-state index contributed by atoms with van der Waals surface area (Å²) < 4.78 is 10.5. The molecular weight excluding hydrogens is 292 g/mol. The van der Waals surface area contributed by atoms with E-state index in [9.17, 15) is 9.59 Å². The number of carbonyl (C=O) groups excluding carboxylic acids is 2. The van der Waals surface area contributed by atoms with Crippen LogP contribution in [0.3, 0.4) is 0 Å². The Kier molecular flexibility index (Phi) is 9.65. The number of hydrogen-bond donors (Lipinski definition) is 0. The van der Waals surface area contributed by atoms with Crippen molar-refractivity contribution in [3.8, 4) is 0 Å². The van der Waals surface area contributed by atoms with Crippen LogP contribution in [0.5, 0.6) is 0 Å². The largest absolute Gasteiger partial charge is 0.463 e. The molecule has 4 heteroatoms. The fourth-order valence-corrected chi connectivity index (χ4v) is 3.25. The third-order valence-electron chi connectivity index (χ3n) is 4.39. The summed E-state index contributed by atoms with van der Waals surface area (Å²) in [6, 6.07) is 0. The zero-order valence-corrected chi connectivity index (χ0v) is 15.0. The average Bonchev–Trinajstić information content (AvgIpc) is 3.04. The highest BCUT2D eigenvalue weighted by molar-refractivity contribution is 6.00. The molecule has 1 rings (SSSR count). The van der Waals surface area contributed by atoms with Gasteiger partial charge < -0.3 is 9.47 Å². The SMILES string of the molecule is CCCCCC/C(C(=O)OCC)=C(/C(=O)OCC)C1CCCC1. The molecule has 4 nitrogen and oxygen atoms in total. The Morgan fingerprint density at radius 2 is 1.48 bits per heavy atom. The zero-order valence-electron chi connectivity index (χ0n) is 15.0. The highest BCUT2D eigenvalue weighted by atomic mass is 16.5. The van der Waals surface area contributed by atoms with Gasteiger partial charge in [-0.1, -0.05) is 39.0 Å². The predicted octanol–water partition coefficient (Wildman–Crippen LogP) is 4.57. The van der Waals surface area contributed by atoms with Gasteiger partial charge in [-0.2, -0.15) is 0 Å². The summed E-state index contributed by atoms with van der Waals surface area (Å²) in [5, 5.41) is 0. The molecule has 0 atom stereocenters. The van der Waals surface area contributed by atoms with Gasteiger partial charge in [-0.15, -0.1) is 0 Å². The minimum atomic E-state index is -0.334. The second-order valence-corrected chi connectivity index (χ2v) is 6.13. The van der Waals surface area contributed by atoms with Crippen molar-refractivity contribution in [1.29, 1.82) is 0 Å². The Morgan fingerprint density at radius 1 is 0.870 bits per heavy atom. The second kappa shape index (κ2) is 11.3. The molecule has 0 heterocycles. The molecule has 0 amide bonds. The van der Waals surface area contributed by atoms with Crippen LogP contribution in [0.15, 0.2) is 11.1 Å². The van der Waals surface area contributed by atoms with Crippen molar-refractivity contribution < 1.29 is 19.1 Å². The van der Waals surface area contributed by atoms with Crippen molar-refractivity contribution in [1.82, 2.24) is 0 Å². The van der Waals surface area contributed by atoms with Gasteiger partial charge in [0.05, 0.1) is 18.8 Å². The lowest BCUT2D eigenvalue weighted by Crippen LogP contribution is -2.21. The van der Waals surface area contributed by atoms with E-state index in [0.717, 1.165) is 51.4 Å². The molecule has 23 heavy (non-hydrogen) atoms. The van der Waals surface area contributed by atoms with Crippen LogP contribution in [0.25, 0.3) is 0 Å². The van der Waals surface area contributed by atoms with Gasteiger partial charge in [0, 0.05) is 5.57 Å². The van der Waals surface area contributed by atoms with Crippen LogP contribution in [0.2, 0.25) is 0 Å². The van der Waals surface area contributed by atoms with Crippen molar-refractivity contribution in [3.05, 3.63) is 11.1 Å². The number of ether oxygens (including phenoxy) is 2. The molecule has 0 bridgehead atoms. The lowest BCUT2D eigenvalue weighted by Gasteiger charge is -2.18. The topological polar surface area (TPSA) is 52.6 Å². The van der Waals surface area contributed by atoms with E-state index in [1.807, 2.05) is 0 Å². The first-order chi connectivity index (χ1) is 11.2. The van der Waals surface area contributed by atoms with Gasteiger partial charge >= 0.3 is 11.9 Å². The maximum Gasteiger partial charge on any atom is 0.334 e. The normalized spacial score (nSPS) is 16.1. The lowest BCUT2D eigenvalue weighted by molar-refractivity contribution is -0.142. The maximum atomic E-state index is 12.5. The highest BCUT2D eigenvalue weighted by Gasteiger charge is 2.31. The van der Waals surface area contributed by atoms with Gasteiger partial charge in [-0.3, -0.25) is 0 Å². The molecule has 0 aromatic rings. The molecule has 0 aromatic carbocycles. The first-order valence-corrected chi connectivity index (χ1v) is 9.22. The van der Waals surface area contributed by atoms with Crippen LogP contribution in [0.4, 0.5) is 0 Å². The summed E-state index contributed by atoms with van der Waals surface area (Å²) >= 11 is 0. The van der Waals surface area contributed by atoms with E-state index in [2.05, 4.69) is 6.92 Å². The third kappa shape index (κ3) is 6.36. The molecule has 132 valence electrons. The van der Waals surface area contributed by atoms with Crippen LogP contribution in [-0.4, -0.2) is 25.2 Å². The van der Waals surface area contributed by atoms with Gasteiger partial charge in [0.1, 0.15) is 0 Å². The Morgan fingerprint density at radius 3 is 2.04 bits per heavy atom. The first kappa shape index (κ1) is 19.7. The van der Waals surface area contributed by atoms with E-state index in [4.69, 9.17) is 9.47 Å². The third-order valence-corrected chi connectivity index (χ3v) is 4.39. The lowest BCUT2D eigenvalue weighted by atomic mass is 9.90. The van der Waals surface area contributed by atoms with Gasteiger partial charge in [0.15, 0.2) is 0 Å². The molecule has 1 aliphatic rings. The molecule has 0 unspecified atom stereocenters. The molecule has 0 radical (unpaired) electrons. The van der Waals surface area contributed by atoms with E-state index in [1.165, 1.54) is 0 Å². The van der Waals surface area contributed by atoms with Gasteiger partial charge in [-0.25, -0.2) is 9.59 Å². The quantitative estimate of drug-likeness (QED) is 0.335. The molecule has 0 N–H and O–H groups in total. The Labute approximate surface area is 140 Å². The fraction of sp³-hybridized carbons (Fsp3) is 0.789. The fourth-order valence-electron chi connectivity index (χ4n) is 3.25. The number of carbonyl (C=O) groups is 2. The monoisotopic (exact) mass is 324 g/mol. The van der Waals surface area contributed by atoms with Crippen LogP contribution in [-0.2, 0) is 19.1 Å². The van der Waals surface area contributed by atoms with Crippen molar-refractivity contribution in [2.45, 2.75) is 78.6 Å². The van der Waals surface area contributed by atoms with Crippen molar-refractivity contribution in [2.75, 3.05) is 13.2 Å². The van der Waals surface area contributed by atoms with Gasteiger partial charge in [-0.05, 0) is 45.4 Å². The predicted molar refractivity (Wildman–Crippen MR) is 91.0 cm³/mol. The van der Waals surface area contributed by atoms with Crippen LogP contribution < -0.4 is 0 Å². The maximum absolute atomic E-state index is 12.5. The summed E-state index contributed by atoms with van der Waals surface area (Å²) in [7, 11) is 0. The number of unbranched alkanes of at least 4 members (excludes halogenated alkanes) is 3. The van der Waals surface area contributed by atoms with Gasteiger partial charge in [0.25, 0.3) is 0 Å². The van der Waals surface area contributed by atoms with E-state index in [1.54, 1.807) is 13.8 Å². The number of hydrogen-bond acceptors (Lipinski definition) is 4. The van der Waals surface area contributed by atoms with Crippen LogP contribution >= 0.6 is 0 Å². The van der Waals surface area contributed by atoms with Crippen molar-refractivity contribution >= 4 is 11.9 Å². The first-order valence-electron chi connectivity index (χ1n) is 9.22. The molecule has 0 aliphatic heterocycles. The van der Waals surface area contributed by atoms with E-state index in [0.29, 0.717) is 30.8 Å². The summed E-state index contributed by atoms with van der Waals surface area (Å²) in [6.45, 7) is 6.42. The highest BCUT2D eigenvalue weighted by Crippen LogP contribution is 2.35.